The molecule has 4 heteroatoms. The summed E-state index contributed by atoms with van der Waals surface area (Å²) >= 11 is 5.68. The van der Waals surface area contributed by atoms with E-state index in [-0.39, 0.29) is 0 Å². The zero-order chi connectivity index (χ0) is 16.1. The van der Waals surface area contributed by atoms with Crippen LogP contribution in [0, 0.1) is 5.92 Å². The van der Waals surface area contributed by atoms with Gasteiger partial charge in [-0.2, -0.15) is 0 Å². The Morgan fingerprint density at radius 2 is 1.57 bits per heavy atom. The van der Waals surface area contributed by atoms with Crippen LogP contribution in [0.1, 0.15) is 74.6 Å². The van der Waals surface area contributed by atoms with E-state index in [9.17, 15) is 0 Å². The molecule has 1 aromatic heterocycles. The molecule has 126 valence electrons. The molecule has 1 heterocycles. The van der Waals surface area contributed by atoms with Crippen LogP contribution < -0.4 is 0 Å². The van der Waals surface area contributed by atoms with Gasteiger partial charge in [-0.3, -0.25) is 0 Å². The van der Waals surface area contributed by atoms with Crippen LogP contribution >= 0.6 is 11.6 Å². The van der Waals surface area contributed by atoms with Gasteiger partial charge in [-0.25, -0.2) is 9.97 Å². The second kappa shape index (κ2) is 8.25. The third kappa shape index (κ3) is 4.33. The Morgan fingerprint density at radius 3 is 2.13 bits per heavy atom. The Kier molecular flexibility index (Phi) is 6.07. The number of nitrogens with zero attached hydrogens (tertiary/aromatic N) is 2. The fourth-order valence-electron chi connectivity index (χ4n) is 4.07. The van der Waals surface area contributed by atoms with E-state index in [4.69, 9.17) is 26.3 Å². The first kappa shape index (κ1) is 16.9. The second-order valence-electron chi connectivity index (χ2n) is 7.01. The summed E-state index contributed by atoms with van der Waals surface area (Å²) in [6.07, 6.45) is 16.1. The number of hydrogen-bond acceptors (Lipinski definition) is 3. The lowest BCUT2D eigenvalue weighted by Crippen LogP contribution is -2.20. The average molecular weight is 335 g/mol. The Hall–Kier alpha value is -0.930. The largest absolute Gasteiger partial charge is 0.381 e. The summed E-state index contributed by atoms with van der Waals surface area (Å²) in [5.41, 5.74) is 2.97. The van der Waals surface area contributed by atoms with Gasteiger partial charge in [0.15, 0.2) is 0 Å². The molecule has 2 aliphatic carbocycles. The summed E-state index contributed by atoms with van der Waals surface area (Å²) in [5.74, 6) is 2.81. The lowest BCUT2D eigenvalue weighted by molar-refractivity contribution is 0.0658. The van der Waals surface area contributed by atoms with Crippen LogP contribution in [0.15, 0.2) is 24.0 Å². The summed E-state index contributed by atoms with van der Waals surface area (Å²) in [6, 6.07) is 0. The van der Waals surface area contributed by atoms with Crippen LogP contribution in [-0.4, -0.2) is 23.2 Å². The molecule has 0 aromatic carbocycles. The standard InChI is InChI=1S/C19H27ClN2O/c1-23-18-8-6-15(7-9-18)17-12-21-19(22-13-17)16-4-2-14(3-5-16)10-11-20/h10-16,18H,2-9H2,1H3/b11-10+/t14-,15-,16-,18-. The number of hydrogen-bond donors (Lipinski definition) is 0. The molecule has 0 saturated heterocycles. The molecule has 0 N–H and O–H groups in total. The van der Waals surface area contributed by atoms with E-state index >= 15 is 0 Å². The normalized spacial score (nSPS) is 32.3. The predicted molar refractivity (Wildman–Crippen MR) is 93.7 cm³/mol. The highest BCUT2D eigenvalue weighted by Crippen LogP contribution is 2.36. The van der Waals surface area contributed by atoms with Gasteiger partial charge in [0.1, 0.15) is 5.82 Å². The van der Waals surface area contributed by atoms with Crippen molar-refractivity contribution >= 4 is 11.6 Å². The van der Waals surface area contributed by atoms with Crippen molar-refractivity contribution in [3.63, 3.8) is 0 Å². The lowest BCUT2D eigenvalue weighted by Gasteiger charge is -2.28. The fraction of sp³-hybridized carbons (Fsp3) is 0.684. The van der Waals surface area contributed by atoms with Gasteiger partial charge in [0.2, 0.25) is 0 Å². The van der Waals surface area contributed by atoms with Crippen LogP contribution in [0.25, 0.3) is 0 Å². The molecule has 0 aliphatic heterocycles. The molecule has 0 atom stereocenters. The molecule has 0 amide bonds. The van der Waals surface area contributed by atoms with Gasteiger partial charge in [-0.15, -0.1) is 0 Å². The first-order valence-corrected chi connectivity index (χ1v) is 9.35. The molecule has 3 nitrogen and oxygen atoms in total. The van der Waals surface area contributed by atoms with Crippen LogP contribution in [-0.2, 0) is 4.74 Å². The first-order valence-electron chi connectivity index (χ1n) is 8.91. The van der Waals surface area contributed by atoms with Crippen LogP contribution in [0.4, 0.5) is 0 Å². The number of ether oxygens (including phenoxy) is 1. The van der Waals surface area contributed by atoms with E-state index in [0.29, 0.717) is 23.9 Å². The highest BCUT2D eigenvalue weighted by molar-refractivity contribution is 6.25. The van der Waals surface area contributed by atoms with Crippen molar-refractivity contribution < 1.29 is 4.74 Å². The van der Waals surface area contributed by atoms with E-state index in [1.54, 1.807) is 5.54 Å². The molecule has 2 fully saturated rings. The van der Waals surface area contributed by atoms with Gasteiger partial charge >= 0.3 is 0 Å². The van der Waals surface area contributed by atoms with Crippen molar-refractivity contribution in [2.24, 2.45) is 5.92 Å². The third-order valence-corrected chi connectivity index (χ3v) is 5.80. The van der Waals surface area contributed by atoms with Crippen LogP contribution in [0.3, 0.4) is 0 Å². The molecule has 2 saturated carbocycles. The highest BCUT2D eigenvalue weighted by atomic mass is 35.5. The fourth-order valence-corrected chi connectivity index (χ4v) is 4.28. The molecule has 3 rings (SSSR count). The Bertz CT molecular complexity index is 501. The quantitative estimate of drug-likeness (QED) is 0.761. The van der Waals surface area contributed by atoms with E-state index in [1.807, 2.05) is 7.11 Å². The van der Waals surface area contributed by atoms with E-state index in [2.05, 4.69) is 18.5 Å². The minimum atomic E-state index is 0.448. The minimum absolute atomic E-state index is 0.448. The Morgan fingerprint density at radius 1 is 0.957 bits per heavy atom. The number of methoxy groups -OCH3 is 1. The van der Waals surface area contributed by atoms with Crippen LogP contribution in [0.5, 0.6) is 0 Å². The smallest absolute Gasteiger partial charge is 0.131 e. The summed E-state index contributed by atoms with van der Waals surface area (Å²) in [6.45, 7) is 0. The van der Waals surface area contributed by atoms with Gasteiger partial charge in [0.25, 0.3) is 0 Å². The third-order valence-electron chi connectivity index (χ3n) is 5.65. The van der Waals surface area contributed by atoms with Crippen molar-refractivity contribution in [2.75, 3.05) is 7.11 Å². The van der Waals surface area contributed by atoms with Gasteiger partial charge in [0, 0.05) is 31.0 Å². The van der Waals surface area contributed by atoms with Gasteiger partial charge in [-0.1, -0.05) is 17.7 Å². The van der Waals surface area contributed by atoms with Crippen molar-refractivity contribution in [1.29, 1.82) is 0 Å². The Balaban J connectivity index is 1.55. The highest BCUT2D eigenvalue weighted by Gasteiger charge is 2.25. The summed E-state index contributed by atoms with van der Waals surface area (Å²) in [4.78, 5) is 9.40. The maximum atomic E-state index is 5.68. The van der Waals surface area contributed by atoms with Crippen LogP contribution in [0.2, 0.25) is 0 Å². The molecule has 0 spiro atoms. The van der Waals surface area contributed by atoms with Crippen molar-refractivity contribution in [3.8, 4) is 0 Å². The average Bonchev–Trinajstić information content (AvgIpc) is 2.63. The van der Waals surface area contributed by atoms with Crippen molar-refractivity contribution in [1.82, 2.24) is 9.97 Å². The summed E-state index contributed by atoms with van der Waals surface area (Å²) < 4.78 is 5.46. The number of aromatic nitrogens is 2. The summed E-state index contributed by atoms with van der Waals surface area (Å²) in [5, 5.41) is 0. The zero-order valence-corrected chi connectivity index (χ0v) is 14.7. The van der Waals surface area contributed by atoms with Gasteiger partial charge in [-0.05, 0) is 68.8 Å². The van der Waals surface area contributed by atoms with E-state index < -0.39 is 0 Å². The monoisotopic (exact) mass is 334 g/mol. The predicted octanol–water partition coefficient (Wildman–Crippen LogP) is 5.18. The molecular formula is C19H27ClN2O. The molecule has 0 unspecified atom stereocenters. The molecule has 0 bridgehead atoms. The summed E-state index contributed by atoms with van der Waals surface area (Å²) in [7, 11) is 1.82. The topological polar surface area (TPSA) is 35.0 Å². The second-order valence-corrected chi connectivity index (χ2v) is 7.27. The molecular weight excluding hydrogens is 308 g/mol. The number of halogens is 1. The number of allylic oxidation sites excluding steroid dienone is 1. The maximum absolute atomic E-state index is 5.68. The zero-order valence-electron chi connectivity index (χ0n) is 14.0. The maximum Gasteiger partial charge on any atom is 0.131 e. The molecule has 23 heavy (non-hydrogen) atoms. The molecule has 0 radical (unpaired) electrons. The van der Waals surface area contributed by atoms with Crippen molar-refractivity contribution in [3.05, 3.63) is 35.4 Å². The van der Waals surface area contributed by atoms with Gasteiger partial charge < -0.3 is 4.74 Å². The Labute approximate surface area is 144 Å². The number of rotatable bonds is 4. The van der Waals surface area contributed by atoms with Gasteiger partial charge in [0.05, 0.1) is 6.10 Å². The first-order chi connectivity index (χ1) is 11.3. The molecule has 2 aliphatic rings. The minimum Gasteiger partial charge on any atom is -0.381 e. The van der Waals surface area contributed by atoms with E-state index in [1.165, 1.54) is 44.1 Å². The SMILES string of the molecule is CO[C@H]1CC[C@H](c2cnc([C@H]3CC[C@H](/C=C/Cl)CC3)nc2)CC1. The van der Waals surface area contributed by atoms with Crippen molar-refractivity contribution in [2.45, 2.75) is 69.3 Å². The van der Waals surface area contributed by atoms with E-state index in [0.717, 1.165) is 18.7 Å². The molecule has 1 aromatic rings. The lowest BCUT2D eigenvalue weighted by atomic mass is 9.81.